The van der Waals surface area contributed by atoms with E-state index < -0.39 is 0 Å². The van der Waals surface area contributed by atoms with Crippen LogP contribution in [0.5, 0.6) is 0 Å². The number of carbonyl (C=O) groups is 1. The zero-order valence-electron chi connectivity index (χ0n) is 13.7. The number of urea groups is 1. The molecule has 0 radical (unpaired) electrons. The summed E-state index contributed by atoms with van der Waals surface area (Å²) in [6.07, 6.45) is 9.22. The third kappa shape index (κ3) is 2.87. The second-order valence-corrected chi connectivity index (χ2v) is 6.95. The number of likely N-dealkylation sites (tertiary alicyclic amines) is 1. The van der Waals surface area contributed by atoms with Crippen LogP contribution in [0.2, 0.25) is 0 Å². The maximum absolute atomic E-state index is 12.5. The van der Waals surface area contributed by atoms with Gasteiger partial charge in [-0.1, -0.05) is 18.6 Å². The topological polar surface area (TPSA) is 53.4 Å². The molecular formula is C17H25N5O. The third-order valence-electron chi connectivity index (χ3n) is 5.47. The Bertz CT molecular complexity index is 610. The van der Waals surface area contributed by atoms with Gasteiger partial charge in [-0.25, -0.2) is 4.79 Å². The van der Waals surface area contributed by atoms with E-state index in [1.54, 1.807) is 4.68 Å². The zero-order chi connectivity index (χ0) is 15.8. The summed E-state index contributed by atoms with van der Waals surface area (Å²) in [4.78, 5) is 16.9. The van der Waals surface area contributed by atoms with Crippen molar-refractivity contribution in [2.45, 2.75) is 37.6 Å². The van der Waals surface area contributed by atoms with Gasteiger partial charge in [0.05, 0.1) is 5.69 Å². The maximum atomic E-state index is 12.5. The zero-order valence-corrected chi connectivity index (χ0v) is 13.7. The summed E-state index contributed by atoms with van der Waals surface area (Å²) in [5, 5.41) is 7.60. The van der Waals surface area contributed by atoms with E-state index in [4.69, 9.17) is 0 Å². The molecule has 0 aromatic carbocycles. The number of amides is 2. The Balaban J connectivity index is 1.35. The molecule has 1 atom stereocenters. The van der Waals surface area contributed by atoms with E-state index >= 15 is 0 Å². The molecule has 4 rings (SSSR count). The highest BCUT2D eigenvalue weighted by Gasteiger charge is 2.31. The average molecular weight is 315 g/mol. The van der Waals surface area contributed by atoms with Gasteiger partial charge in [0.2, 0.25) is 0 Å². The van der Waals surface area contributed by atoms with Crippen molar-refractivity contribution in [3.63, 3.8) is 0 Å². The van der Waals surface area contributed by atoms with E-state index in [-0.39, 0.29) is 6.03 Å². The van der Waals surface area contributed by atoms with E-state index in [0.717, 1.165) is 44.1 Å². The van der Waals surface area contributed by atoms with Gasteiger partial charge < -0.3 is 4.90 Å². The molecule has 1 saturated heterocycles. The highest BCUT2D eigenvalue weighted by molar-refractivity contribution is 5.88. The molecule has 124 valence electrons. The molecular weight excluding hydrogens is 290 g/mol. The predicted molar refractivity (Wildman–Crippen MR) is 89.5 cm³/mol. The minimum Gasteiger partial charge on any atom is -0.323 e. The lowest BCUT2D eigenvalue weighted by Crippen LogP contribution is -2.39. The predicted octanol–water partition coefficient (Wildman–Crippen LogP) is 2.17. The van der Waals surface area contributed by atoms with Crippen LogP contribution in [0.25, 0.3) is 0 Å². The minimum atomic E-state index is 0.00261. The van der Waals surface area contributed by atoms with Gasteiger partial charge in [-0.15, -0.1) is 0 Å². The molecule has 3 heterocycles. The Labute approximate surface area is 137 Å². The van der Waals surface area contributed by atoms with E-state index in [2.05, 4.69) is 27.5 Å². The molecule has 1 aromatic heterocycles. The molecule has 1 aromatic rings. The summed E-state index contributed by atoms with van der Waals surface area (Å²) in [7, 11) is 1.90. The molecule has 6 heteroatoms. The molecule has 1 saturated carbocycles. The Morgan fingerprint density at radius 1 is 1.26 bits per heavy atom. The van der Waals surface area contributed by atoms with Gasteiger partial charge in [0.1, 0.15) is 5.82 Å². The fraction of sp³-hybridized carbons (Fsp3) is 0.647. The van der Waals surface area contributed by atoms with E-state index in [0.29, 0.717) is 12.0 Å². The number of aryl methyl sites for hydroxylation is 1. The van der Waals surface area contributed by atoms with E-state index in [1.165, 1.54) is 19.3 Å². The Hall–Kier alpha value is -1.82. The van der Waals surface area contributed by atoms with Crippen molar-refractivity contribution < 1.29 is 4.79 Å². The Kier molecular flexibility index (Phi) is 3.85. The van der Waals surface area contributed by atoms with Crippen molar-refractivity contribution in [1.29, 1.82) is 0 Å². The van der Waals surface area contributed by atoms with Crippen LogP contribution in [0, 0.1) is 0 Å². The second kappa shape index (κ2) is 6.00. The highest BCUT2D eigenvalue weighted by atomic mass is 16.2. The first-order valence-electron chi connectivity index (χ1n) is 8.69. The van der Waals surface area contributed by atoms with Crippen molar-refractivity contribution in [2.24, 2.45) is 7.05 Å². The third-order valence-corrected chi connectivity index (χ3v) is 5.47. The number of aromatic nitrogens is 2. The van der Waals surface area contributed by atoms with Crippen LogP contribution in [-0.4, -0.2) is 57.8 Å². The lowest BCUT2D eigenvalue weighted by Gasteiger charge is -2.23. The quantitative estimate of drug-likeness (QED) is 0.870. The first-order valence-corrected chi connectivity index (χ1v) is 8.69. The van der Waals surface area contributed by atoms with E-state index in [1.807, 2.05) is 18.0 Å². The van der Waals surface area contributed by atoms with Crippen LogP contribution >= 0.6 is 0 Å². The Morgan fingerprint density at radius 3 is 2.74 bits per heavy atom. The van der Waals surface area contributed by atoms with E-state index in [9.17, 15) is 4.79 Å². The normalized spacial score (nSPS) is 25.1. The summed E-state index contributed by atoms with van der Waals surface area (Å²) in [5.41, 5.74) is 1.12. The molecule has 23 heavy (non-hydrogen) atoms. The summed E-state index contributed by atoms with van der Waals surface area (Å²) < 4.78 is 1.80. The summed E-state index contributed by atoms with van der Waals surface area (Å²) in [5.74, 6) is 1.40. The summed E-state index contributed by atoms with van der Waals surface area (Å²) >= 11 is 0. The van der Waals surface area contributed by atoms with Crippen LogP contribution in [-0.2, 0) is 7.05 Å². The molecule has 0 spiro atoms. The fourth-order valence-electron chi connectivity index (χ4n) is 3.72. The van der Waals surface area contributed by atoms with Crippen molar-refractivity contribution in [1.82, 2.24) is 19.6 Å². The first-order chi connectivity index (χ1) is 11.2. The lowest BCUT2D eigenvalue weighted by atomic mass is 9.83. The minimum absolute atomic E-state index is 0.00261. The number of hydrogen-bond donors (Lipinski definition) is 1. The van der Waals surface area contributed by atoms with Crippen molar-refractivity contribution in [3.8, 4) is 0 Å². The molecule has 2 fully saturated rings. The molecule has 6 nitrogen and oxygen atoms in total. The molecule has 2 aliphatic heterocycles. The van der Waals surface area contributed by atoms with Gasteiger partial charge in [0.15, 0.2) is 0 Å². The van der Waals surface area contributed by atoms with Gasteiger partial charge in [-0.3, -0.25) is 14.9 Å². The molecule has 0 bridgehead atoms. The van der Waals surface area contributed by atoms with Crippen molar-refractivity contribution >= 4 is 11.8 Å². The smallest absolute Gasteiger partial charge is 0.323 e. The van der Waals surface area contributed by atoms with Crippen molar-refractivity contribution in [2.75, 3.05) is 31.5 Å². The maximum Gasteiger partial charge on any atom is 0.323 e. The fourth-order valence-corrected chi connectivity index (χ4v) is 3.72. The SMILES string of the molecule is Cn1nc(C2CCC2)cc1NC(=O)N1CCC(N2CC=CC2)C1. The van der Waals surface area contributed by atoms with Gasteiger partial charge in [-0.05, 0) is 19.3 Å². The lowest BCUT2D eigenvalue weighted by molar-refractivity contribution is 0.212. The number of nitrogens with one attached hydrogen (secondary N) is 1. The number of anilines is 1. The molecule has 1 unspecified atom stereocenters. The van der Waals surface area contributed by atoms with Gasteiger partial charge in [-0.2, -0.15) is 5.10 Å². The molecule has 3 aliphatic rings. The average Bonchev–Trinajstić information content (AvgIpc) is 3.18. The number of carbonyl (C=O) groups excluding carboxylic acids is 1. The standard InChI is InChI=1S/C17H25N5O/c1-20-16(11-15(19-20)13-5-4-6-13)18-17(23)22-10-7-14(12-22)21-8-2-3-9-21/h2-3,11,13-14H,4-10,12H2,1H3,(H,18,23). The monoisotopic (exact) mass is 315 g/mol. The van der Waals surface area contributed by atoms with Crippen LogP contribution in [0.1, 0.15) is 37.3 Å². The second-order valence-electron chi connectivity index (χ2n) is 6.95. The molecule has 1 aliphatic carbocycles. The highest BCUT2D eigenvalue weighted by Crippen LogP contribution is 2.36. The molecule has 2 amide bonds. The molecule has 1 N–H and O–H groups in total. The summed E-state index contributed by atoms with van der Waals surface area (Å²) in [6, 6.07) is 2.54. The van der Waals surface area contributed by atoms with Gasteiger partial charge in [0.25, 0.3) is 0 Å². The van der Waals surface area contributed by atoms with Crippen LogP contribution in [0.3, 0.4) is 0 Å². The van der Waals surface area contributed by atoms with Crippen molar-refractivity contribution in [3.05, 3.63) is 23.9 Å². The van der Waals surface area contributed by atoms with Crippen LogP contribution in [0.4, 0.5) is 10.6 Å². The summed E-state index contributed by atoms with van der Waals surface area (Å²) in [6.45, 7) is 3.69. The largest absolute Gasteiger partial charge is 0.323 e. The van der Waals surface area contributed by atoms with Gasteiger partial charge in [0, 0.05) is 51.3 Å². The number of rotatable bonds is 3. The van der Waals surface area contributed by atoms with Crippen LogP contribution < -0.4 is 5.32 Å². The Morgan fingerprint density at radius 2 is 2.04 bits per heavy atom. The van der Waals surface area contributed by atoms with Crippen LogP contribution in [0.15, 0.2) is 18.2 Å². The number of nitrogens with zero attached hydrogens (tertiary/aromatic N) is 4. The first kappa shape index (κ1) is 14.8. The van der Waals surface area contributed by atoms with Gasteiger partial charge >= 0.3 is 6.03 Å². The number of hydrogen-bond acceptors (Lipinski definition) is 3.